The lowest BCUT2D eigenvalue weighted by molar-refractivity contribution is -0.119. The zero-order valence-electron chi connectivity index (χ0n) is 12.5. The maximum absolute atomic E-state index is 12.8. The molecule has 116 valence electrons. The number of halogens is 3. The number of anilines is 1. The van der Waals surface area contributed by atoms with Crippen molar-refractivity contribution in [3.63, 3.8) is 0 Å². The monoisotopic (exact) mass is 292 g/mol. The lowest BCUT2D eigenvalue weighted by atomic mass is 10.1. The Morgan fingerprint density at radius 2 is 2.00 bits per heavy atom. The Labute approximate surface area is 117 Å². The number of rotatable bonds is 6. The smallest absolute Gasteiger partial charge is 0.348 e. The van der Waals surface area contributed by atoms with Gasteiger partial charge in [-0.25, -0.2) is 0 Å². The summed E-state index contributed by atoms with van der Waals surface area (Å²) in [5.74, 6) is 0.527. The van der Waals surface area contributed by atoms with E-state index < -0.39 is 12.7 Å². The summed E-state index contributed by atoms with van der Waals surface area (Å²) in [5, 5.41) is 4.25. The van der Waals surface area contributed by atoms with E-state index in [1.54, 1.807) is 14.0 Å². The summed E-state index contributed by atoms with van der Waals surface area (Å²) in [6.07, 6.45) is -3.08. The average molecular weight is 292 g/mol. The number of aryl methyl sites for hydroxylation is 2. The second-order valence-corrected chi connectivity index (χ2v) is 5.23. The maximum Gasteiger partial charge on any atom is 0.405 e. The second-order valence-electron chi connectivity index (χ2n) is 5.23. The Bertz CT molecular complexity index is 438. The van der Waals surface area contributed by atoms with Crippen molar-refractivity contribution in [2.45, 2.75) is 45.8 Å². The molecule has 0 aliphatic carbocycles. The molecule has 20 heavy (non-hydrogen) atoms. The van der Waals surface area contributed by atoms with Gasteiger partial charge in [0.25, 0.3) is 0 Å². The lowest BCUT2D eigenvalue weighted by Crippen LogP contribution is -2.37. The molecule has 0 aromatic carbocycles. The number of alkyl halides is 3. The standard InChI is InChI=1S/C13H23F3N4/c1-5-6-20(8-13(14,15)16)12-11(7-9(2)17)10(3)18-19(12)4/h9H,5-8,17H2,1-4H3. The van der Waals surface area contributed by atoms with Gasteiger partial charge in [-0.1, -0.05) is 6.92 Å². The third kappa shape index (κ3) is 4.40. The third-order valence-electron chi connectivity index (χ3n) is 3.00. The van der Waals surface area contributed by atoms with Gasteiger partial charge in [0.05, 0.1) is 5.69 Å². The molecule has 0 aliphatic rings. The molecule has 2 N–H and O–H groups in total. The van der Waals surface area contributed by atoms with Crippen molar-refractivity contribution in [1.82, 2.24) is 9.78 Å². The minimum atomic E-state index is -4.24. The van der Waals surface area contributed by atoms with Crippen LogP contribution >= 0.6 is 0 Å². The van der Waals surface area contributed by atoms with Crippen LogP contribution in [0.25, 0.3) is 0 Å². The predicted molar refractivity (Wildman–Crippen MR) is 73.9 cm³/mol. The van der Waals surface area contributed by atoms with Crippen LogP contribution in [0, 0.1) is 6.92 Å². The van der Waals surface area contributed by atoms with Gasteiger partial charge in [-0.15, -0.1) is 0 Å². The molecule has 0 aliphatic heterocycles. The molecule has 1 rings (SSSR count). The first kappa shape index (κ1) is 16.8. The summed E-state index contributed by atoms with van der Waals surface area (Å²) >= 11 is 0. The molecule has 0 spiro atoms. The Morgan fingerprint density at radius 3 is 2.45 bits per heavy atom. The summed E-state index contributed by atoms with van der Waals surface area (Å²) in [6.45, 7) is 4.87. The van der Waals surface area contributed by atoms with Crippen LogP contribution in [0.1, 0.15) is 31.5 Å². The Balaban J connectivity index is 3.17. The number of hydrogen-bond donors (Lipinski definition) is 1. The first-order valence-electron chi connectivity index (χ1n) is 6.75. The van der Waals surface area contributed by atoms with Crippen LogP contribution < -0.4 is 10.6 Å². The molecule has 0 saturated carbocycles. The van der Waals surface area contributed by atoms with Crippen molar-refractivity contribution in [2.24, 2.45) is 12.8 Å². The zero-order chi connectivity index (χ0) is 15.5. The molecule has 0 fully saturated rings. The third-order valence-corrected chi connectivity index (χ3v) is 3.00. The molecule has 1 atom stereocenters. The fourth-order valence-corrected chi connectivity index (χ4v) is 2.39. The molecular weight excluding hydrogens is 269 g/mol. The predicted octanol–water partition coefficient (Wildman–Crippen LogP) is 2.40. The van der Waals surface area contributed by atoms with Crippen LogP contribution in [-0.4, -0.2) is 35.1 Å². The summed E-state index contributed by atoms with van der Waals surface area (Å²) in [6, 6.07) is -0.119. The van der Waals surface area contributed by atoms with Crippen LogP contribution in [0.4, 0.5) is 19.0 Å². The van der Waals surface area contributed by atoms with Crippen LogP contribution in [0.3, 0.4) is 0 Å². The van der Waals surface area contributed by atoms with Crippen molar-refractivity contribution >= 4 is 5.82 Å². The van der Waals surface area contributed by atoms with Crippen LogP contribution in [-0.2, 0) is 13.5 Å². The molecular formula is C13H23F3N4. The van der Waals surface area contributed by atoms with Crippen molar-refractivity contribution in [3.8, 4) is 0 Å². The molecule has 0 radical (unpaired) electrons. The quantitative estimate of drug-likeness (QED) is 0.876. The molecule has 1 aromatic rings. The van der Waals surface area contributed by atoms with E-state index in [9.17, 15) is 13.2 Å². The van der Waals surface area contributed by atoms with E-state index in [0.29, 0.717) is 25.2 Å². The van der Waals surface area contributed by atoms with Crippen LogP contribution in [0.2, 0.25) is 0 Å². The van der Waals surface area contributed by atoms with Gasteiger partial charge in [0.1, 0.15) is 12.4 Å². The van der Waals surface area contributed by atoms with E-state index in [1.165, 1.54) is 9.58 Å². The Morgan fingerprint density at radius 1 is 1.40 bits per heavy atom. The maximum atomic E-state index is 12.8. The fraction of sp³-hybridized carbons (Fsp3) is 0.769. The van der Waals surface area contributed by atoms with Gasteiger partial charge in [-0.2, -0.15) is 18.3 Å². The topological polar surface area (TPSA) is 47.1 Å². The fourth-order valence-electron chi connectivity index (χ4n) is 2.39. The van der Waals surface area contributed by atoms with Crippen LogP contribution in [0.5, 0.6) is 0 Å². The molecule has 0 bridgehead atoms. The highest BCUT2D eigenvalue weighted by molar-refractivity contribution is 5.50. The van der Waals surface area contributed by atoms with E-state index in [1.807, 2.05) is 13.8 Å². The van der Waals surface area contributed by atoms with Gasteiger partial charge in [0.2, 0.25) is 0 Å². The highest BCUT2D eigenvalue weighted by atomic mass is 19.4. The number of aromatic nitrogens is 2. The largest absolute Gasteiger partial charge is 0.405 e. The minimum Gasteiger partial charge on any atom is -0.348 e. The number of hydrogen-bond acceptors (Lipinski definition) is 3. The zero-order valence-corrected chi connectivity index (χ0v) is 12.5. The van der Waals surface area contributed by atoms with Gasteiger partial charge in [0, 0.05) is 25.2 Å². The number of nitrogens with zero attached hydrogens (tertiary/aromatic N) is 3. The molecule has 1 unspecified atom stereocenters. The molecule has 0 saturated heterocycles. The van der Waals surface area contributed by atoms with Gasteiger partial charge < -0.3 is 10.6 Å². The van der Waals surface area contributed by atoms with E-state index in [4.69, 9.17) is 5.73 Å². The molecule has 1 aromatic heterocycles. The van der Waals surface area contributed by atoms with E-state index in [-0.39, 0.29) is 6.04 Å². The summed E-state index contributed by atoms with van der Waals surface area (Å²) in [5.41, 5.74) is 7.34. The van der Waals surface area contributed by atoms with Gasteiger partial charge >= 0.3 is 6.18 Å². The molecule has 4 nitrogen and oxygen atoms in total. The number of nitrogens with two attached hydrogens (primary N) is 1. The van der Waals surface area contributed by atoms with Crippen LogP contribution in [0.15, 0.2) is 0 Å². The van der Waals surface area contributed by atoms with E-state index >= 15 is 0 Å². The van der Waals surface area contributed by atoms with Crippen molar-refractivity contribution in [2.75, 3.05) is 18.0 Å². The lowest BCUT2D eigenvalue weighted by Gasteiger charge is -2.27. The highest BCUT2D eigenvalue weighted by Crippen LogP contribution is 2.28. The normalized spacial score (nSPS) is 13.6. The first-order chi connectivity index (χ1) is 9.15. The van der Waals surface area contributed by atoms with Crippen molar-refractivity contribution in [3.05, 3.63) is 11.3 Å². The molecule has 0 amide bonds. The summed E-state index contributed by atoms with van der Waals surface area (Å²) in [4.78, 5) is 1.34. The average Bonchev–Trinajstić information content (AvgIpc) is 2.50. The van der Waals surface area contributed by atoms with Gasteiger partial charge in [-0.05, 0) is 26.7 Å². The van der Waals surface area contributed by atoms with Crippen molar-refractivity contribution in [1.29, 1.82) is 0 Å². The van der Waals surface area contributed by atoms with Crippen molar-refractivity contribution < 1.29 is 13.2 Å². The van der Waals surface area contributed by atoms with Gasteiger partial charge in [-0.3, -0.25) is 4.68 Å². The first-order valence-corrected chi connectivity index (χ1v) is 6.75. The van der Waals surface area contributed by atoms with E-state index in [0.717, 1.165) is 11.3 Å². The summed E-state index contributed by atoms with van der Waals surface area (Å²) < 4.78 is 39.8. The summed E-state index contributed by atoms with van der Waals surface area (Å²) in [7, 11) is 1.67. The Kier molecular flexibility index (Phi) is 5.44. The minimum absolute atomic E-state index is 0.119. The Hall–Kier alpha value is -1.24. The van der Waals surface area contributed by atoms with E-state index in [2.05, 4.69) is 5.10 Å². The SMILES string of the molecule is CCCN(CC(F)(F)F)c1c(CC(C)N)c(C)nn1C. The molecule has 7 heteroatoms. The molecule has 1 heterocycles. The highest BCUT2D eigenvalue weighted by Gasteiger charge is 2.33. The van der Waals surface area contributed by atoms with Gasteiger partial charge in [0.15, 0.2) is 0 Å². The second kappa shape index (κ2) is 6.47.